The van der Waals surface area contributed by atoms with Crippen LogP contribution in [-0.4, -0.2) is 34.7 Å². The first-order chi connectivity index (χ1) is 11.4. The maximum atomic E-state index is 12.9. The molecule has 1 aliphatic heterocycles. The second kappa shape index (κ2) is 6.13. The first-order valence-corrected chi connectivity index (χ1v) is 7.83. The third kappa shape index (κ3) is 2.69. The molecule has 124 valence electrons. The van der Waals surface area contributed by atoms with Crippen LogP contribution in [0.25, 0.3) is 0 Å². The Morgan fingerprint density at radius 3 is 2.83 bits per heavy atom. The molecule has 0 aliphatic carbocycles. The summed E-state index contributed by atoms with van der Waals surface area (Å²) >= 11 is 6.13. The van der Waals surface area contributed by atoms with Gasteiger partial charge in [-0.15, -0.1) is 0 Å². The Morgan fingerprint density at radius 2 is 2.12 bits per heavy atom. The topological polar surface area (TPSA) is 73.7 Å². The number of benzene rings is 1. The fourth-order valence-electron chi connectivity index (χ4n) is 2.85. The van der Waals surface area contributed by atoms with Crippen molar-refractivity contribution in [2.24, 2.45) is 0 Å². The average molecular weight is 346 g/mol. The molecule has 1 aromatic carbocycles. The Labute approximate surface area is 144 Å². The molecular formula is C17H16ClN3O3. The number of urea groups is 1. The highest BCUT2D eigenvalue weighted by molar-refractivity contribution is 6.31. The van der Waals surface area contributed by atoms with Gasteiger partial charge in [-0.1, -0.05) is 17.7 Å². The van der Waals surface area contributed by atoms with E-state index in [1.54, 1.807) is 34.2 Å². The van der Waals surface area contributed by atoms with Crippen molar-refractivity contribution in [2.45, 2.75) is 19.9 Å². The van der Waals surface area contributed by atoms with Gasteiger partial charge in [0.1, 0.15) is 5.82 Å². The number of carboxylic acids is 1. The van der Waals surface area contributed by atoms with Gasteiger partial charge in [0.2, 0.25) is 0 Å². The first-order valence-electron chi connectivity index (χ1n) is 7.45. The van der Waals surface area contributed by atoms with Gasteiger partial charge in [-0.25, -0.2) is 14.6 Å². The van der Waals surface area contributed by atoms with Crippen molar-refractivity contribution in [2.75, 3.05) is 16.3 Å². The maximum Gasteiger partial charge on any atom is 0.335 e. The maximum absolute atomic E-state index is 12.9. The van der Waals surface area contributed by atoms with Crippen LogP contribution >= 0.6 is 11.6 Å². The van der Waals surface area contributed by atoms with Crippen LogP contribution < -0.4 is 9.80 Å². The lowest BCUT2D eigenvalue weighted by Gasteiger charge is -2.21. The van der Waals surface area contributed by atoms with Gasteiger partial charge in [-0.2, -0.15) is 0 Å². The number of rotatable bonds is 3. The molecule has 2 heterocycles. The molecule has 0 radical (unpaired) electrons. The molecular weight excluding hydrogens is 330 g/mol. The van der Waals surface area contributed by atoms with Crippen molar-refractivity contribution in [1.82, 2.24) is 4.98 Å². The number of hydrogen-bond acceptors (Lipinski definition) is 3. The summed E-state index contributed by atoms with van der Waals surface area (Å²) in [5.41, 5.74) is 1.43. The standard InChI is InChI=1S/C17H16ClN3O3/c1-10-9-20(15-11(2)14(18)6-7-19-15)17(24)21(10)13-5-3-4-12(8-13)16(22)23/h3-8,10H,9H2,1-2H3,(H,22,23)/t10-/m0/s1. The number of pyridine rings is 1. The van der Waals surface area contributed by atoms with Crippen LogP contribution in [0.15, 0.2) is 36.5 Å². The summed E-state index contributed by atoms with van der Waals surface area (Å²) in [5, 5.41) is 9.69. The van der Waals surface area contributed by atoms with Crippen molar-refractivity contribution in [3.05, 3.63) is 52.7 Å². The second-order valence-electron chi connectivity index (χ2n) is 5.71. The predicted octanol–water partition coefficient (Wildman–Crippen LogP) is 3.58. The number of aromatic carboxylic acids is 1. The van der Waals surface area contributed by atoms with Crippen molar-refractivity contribution in [3.8, 4) is 0 Å². The number of nitrogens with zero attached hydrogens (tertiary/aromatic N) is 3. The van der Waals surface area contributed by atoms with E-state index in [-0.39, 0.29) is 17.6 Å². The Kier molecular flexibility index (Phi) is 4.15. The first kappa shape index (κ1) is 16.3. The van der Waals surface area contributed by atoms with Gasteiger partial charge in [0.15, 0.2) is 0 Å². The van der Waals surface area contributed by atoms with Gasteiger partial charge in [-0.05, 0) is 38.1 Å². The number of carbonyl (C=O) groups is 2. The molecule has 6 nitrogen and oxygen atoms in total. The fraction of sp³-hybridized carbons (Fsp3) is 0.235. The smallest absolute Gasteiger partial charge is 0.335 e. The van der Waals surface area contributed by atoms with Gasteiger partial charge in [-0.3, -0.25) is 9.80 Å². The van der Waals surface area contributed by atoms with E-state index in [1.165, 1.54) is 12.1 Å². The quantitative estimate of drug-likeness (QED) is 0.922. The van der Waals surface area contributed by atoms with E-state index >= 15 is 0 Å². The lowest BCUT2D eigenvalue weighted by molar-refractivity contribution is 0.0697. The molecule has 1 aliphatic rings. The minimum atomic E-state index is -1.03. The minimum absolute atomic E-state index is 0.123. The summed E-state index contributed by atoms with van der Waals surface area (Å²) in [4.78, 5) is 31.5. The summed E-state index contributed by atoms with van der Waals surface area (Å²) in [7, 11) is 0. The normalized spacial score (nSPS) is 17.5. The van der Waals surface area contributed by atoms with Crippen LogP contribution in [0.5, 0.6) is 0 Å². The van der Waals surface area contributed by atoms with Crippen molar-refractivity contribution in [1.29, 1.82) is 0 Å². The SMILES string of the molecule is Cc1c(Cl)ccnc1N1C[C@H](C)N(c2cccc(C(=O)O)c2)C1=O. The summed E-state index contributed by atoms with van der Waals surface area (Å²) in [6.07, 6.45) is 1.57. The molecule has 1 atom stereocenters. The molecule has 7 heteroatoms. The van der Waals surface area contributed by atoms with Crippen LogP contribution in [0.2, 0.25) is 5.02 Å². The van der Waals surface area contributed by atoms with Crippen LogP contribution in [0.3, 0.4) is 0 Å². The highest BCUT2D eigenvalue weighted by atomic mass is 35.5. The lowest BCUT2D eigenvalue weighted by Crippen LogP contribution is -2.34. The third-order valence-electron chi connectivity index (χ3n) is 4.06. The second-order valence-corrected chi connectivity index (χ2v) is 6.12. The molecule has 1 aromatic heterocycles. The van der Waals surface area contributed by atoms with E-state index in [9.17, 15) is 9.59 Å². The molecule has 1 saturated heterocycles. The highest BCUT2D eigenvalue weighted by Gasteiger charge is 2.38. The van der Waals surface area contributed by atoms with E-state index in [0.717, 1.165) is 5.56 Å². The van der Waals surface area contributed by atoms with E-state index in [4.69, 9.17) is 16.7 Å². The zero-order valence-electron chi connectivity index (χ0n) is 13.2. The predicted molar refractivity (Wildman–Crippen MR) is 92.1 cm³/mol. The molecule has 0 saturated carbocycles. The molecule has 2 amide bonds. The van der Waals surface area contributed by atoms with Gasteiger partial charge < -0.3 is 5.11 Å². The molecule has 0 spiro atoms. The van der Waals surface area contributed by atoms with E-state index in [1.807, 2.05) is 13.8 Å². The number of anilines is 2. The third-order valence-corrected chi connectivity index (χ3v) is 4.47. The average Bonchev–Trinajstić information content (AvgIpc) is 2.85. The van der Waals surface area contributed by atoms with Gasteiger partial charge in [0, 0.05) is 29.0 Å². The molecule has 3 rings (SSSR count). The molecule has 1 N–H and O–H groups in total. The van der Waals surface area contributed by atoms with E-state index in [2.05, 4.69) is 4.98 Å². The van der Waals surface area contributed by atoms with Crippen molar-refractivity contribution >= 4 is 35.1 Å². The number of hydrogen-bond donors (Lipinski definition) is 1. The van der Waals surface area contributed by atoms with E-state index < -0.39 is 5.97 Å². The number of halogens is 1. The Hall–Kier alpha value is -2.60. The van der Waals surface area contributed by atoms with Gasteiger partial charge in [0.05, 0.1) is 11.6 Å². The Balaban J connectivity index is 1.98. The zero-order valence-corrected chi connectivity index (χ0v) is 14.0. The lowest BCUT2D eigenvalue weighted by atomic mass is 10.2. The fourth-order valence-corrected chi connectivity index (χ4v) is 2.99. The van der Waals surface area contributed by atoms with Gasteiger partial charge >= 0.3 is 12.0 Å². The largest absolute Gasteiger partial charge is 0.478 e. The molecule has 1 fully saturated rings. The van der Waals surface area contributed by atoms with Crippen LogP contribution in [0.4, 0.5) is 16.3 Å². The molecule has 0 unspecified atom stereocenters. The zero-order chi connectivity index (χ0) is 17.4. The monoisotopic (exact) mass is 345 g/mol. The summed E-state index contributed by atoms with van der Waals surface area (Å²) in [5.74, 6) is -0.503. The molecule has 0 bridgehead atoms. The Bertz CT molecular complexity index is 824. The molecule has 2 aromatic rings. The van der Waals surface area contributed by atoms with E-state index in [0.29, 0.717) is 23.1 Å². The summed E-state index contributed by atoms with van der Waals surface area (Å²) < 4.78 is 0. The van der Waals surface area contributed by atoms with Crippen LogP contribution in [-0.2, 0) is 0 Å². The Morgan fingerprint density at radius 1 is 1.38 bits per heavy atom. The van der Waals surface area contributed by atoms with Crippen molar-refractivity contribution in [3.63, 3.8) is 0 Å². The summed E-state index contributed by atoms with van der Waals surface area (Å²) in [6.45, 7) is 4.17. The molecule has 24 heavy (non-hydrogen) atoms. The van der Waals surface area contributed by atoms with Gasteiger partial charge in [0.25, 0.3) is 0 Å². The summed E-state index contributed by atoms with van der Waals surface area (Å²) in [6, 6.07) is 7.66. The number of amides is 2. The van der Waals surface area contributed by atoms with Crippen molar-refractivity contribution < 1.29 is 14.7 Å². The number of aromatic nitrogens is 1. The van der Waals surface area contributed by atoms with Crippen LogP contribution in [0.1, 0.15) is 22.8 Å². The highest BCUT2D eigenvalue weighted by Crippen LogP contribution is 2.31. The number of carboxylic acid groups (broad SMARTS) is 1. The minimum Gasteiger partial charge on any atom is -0.478 e. The number of carbonyl (C=O) groups excluding carboxylic acids is 1. The van der Waals surface area contributed by atoms with Crippen LogP contribution in [0, 0.1) is 6.92 Å².